The minimum Gasteiger partial charge on any atom is -0.443 e. The van der Waals surface area contributed by atoms with Gasteiger partial charge in [0.25, 0.3) is 0 Å². The van der Waals surface area contributed by atoms with E-state index in [0.717, 1.165) is 30.4 Å². The topological polar surface area (TPSA) is 81.3 Å². The molecule has 0 bridgehead atoms. The van der Waals surface area contributed by atoms with Crippen molar-refractivity contribution in [2.75, 3.05) is 12.3 Å². The highest BCUT2D eigenvalue weighted by Crippen LogP contribution is 2.25. The van der Waals surface area contributed by atoms with Crippen molar-refractivity contribution >= 4 is 17.6 Å². The molecule has 0 atom stereocenters. The van der Waals surface area contributed by atoms with Crippen molar-refractivity contribution in [3.05, 3.63) is 24.2 Å². The first kappa shape index (κ1) is 15.3. The number of nitrogens with two attached hydrogens (primary N) is 1. The van der Waals surface area contributed by atoms with Crippen LogP contribution in [0.2, 0.25) is 0 Å². The van der Waals surface area contributed by atoms with Crippen LogP contribution in [0.5, 0.6) is 0 Å². The molecule has 114 valence electrons. The number of amides is 1. The number of allylic oxidation sites excluding steroid dienone is 1. The molecule has 0 unspecified atom stereocenters. The van der Waals surface area contributed by atoms with Crippen LogP contribution >= 0.6 is 0 Å². The molecule has 2 heterocycles. The summed E-state index contributed by atoms with van der Waals surface area (Å²) in [5, 5.41) is 0. The fourth-order valence-electron chi connectivity index (χ4n) is 2.10. The fraction of sp³-hybridized carbons (Fsp3) is 0.533. The first-order valence-electron chi connectivity index (χ1n) is 7.13. The molecule has 0 aliphatic carbocycles. The molecule has 0 spiro atoms. The maximum absolute atomic E-state index is 12.2. The summed E-state index contributed by atoms with van der Waals surface area (Å²) in [7, 11) is 0. The molecule has 1 aliphatic rings. The number of rotatable bonds is 1. The van der Waals surface area contributed by atoms with Crippen LogP contribution in [0.4, 0.5) is 10.7 Å². The maximum Gasteiger partial charge on any atom is 0.414 e. The van der Waals surface area contributed by atoms with E-state index in [0.29, 0.717) is 6.54 Å². The number of nitrogens with zero attached hydrogens (tertiary/aromatic N) is 3. The lowest BCUT2D eigenvalue weighted by Crippen LogP contribution is -2.33. The maximum atomic E-state index is 12.2. The summed E-state index contributed by atoms with van der Waals surface area (Å²) in [6, 6.07) is 0. The Morgan fingerprint density at radius 1 is 1.29 bits per heavy atom. The quantitative estimate of drug-likeness (QED) is 0.860. The second-order valence-electron chi connectivity index (χ2n) is 6.12. The molecule has 1 aromatic rings. The molecule has 6 heteroatoms. The number of nitrogen functional groups attached to an aromatic ring is 1. The SMILES string of the molecule is CC(C)(C)OC(=O)N1C=C(c2cnc(N)nc2)CCCC1. The molecule has 1 aliphatic heterocycles. The van der Waals surface area contributed by atoms with Gasteiger partial charge in [-0.2, -0.15) is 0 Å². The summed E-state index contributed by atoms with van der Waals surface area (Å²) < 4.78 is 5.43. The lowest BCUT2D eigenvalue weighted by molar-refractivity contribution is 0.0336. The van der Waals surface area contributed by atoms with Gasteiger partial charge in [0.05, 0.1) is 0 Å². The van der Waals surface area contributed by atoms with Gasteiger partial charge in [-0.1, -0.05) is 0 Å². The van der Waals surface area contributed by atoms with Crippen LogP contribution in [0.3, 0.4) is 0 Å². The van der Waals surface area contributed by atoms with E-state index in [1.165, 1.54) is 0 Å². The van der Waals surface area contributed by atoms with Gasteiger partial charge in [0.2, 0.25) is 5.95 Å². The monoisotopic (exact) mass is 290 g/mol. The fourth-order valence-corrected chi connectivity index (χ4v) is 2.10. The smallest absolute Gasteiger partial charge is 0.414 e. The average molecular weight is 290 g/mol. The van der Waals surface area contributed by atoms with E-state index < -0.39 is 5.60 Å². The minimum atomic E-state index is -0.498. The van der Waals surface area contributed by atoms with E-state index in [2.05, 4.69) is 9.97 Å². The third-order valence-electron chi connectivity index (χ3n) is 3.08. The summed E-state index contributed by atoms with van der Waals surface area (Å²) in [5.41, 5.74) is 6.92. The van der Waals surface area contributed by atoms with Crippen LogP contribution in [-0.2, 0) is 4.74 Å². The Hall–Kier alpha value is -2.11. The number of hydrogen-bond donors (Lipinski definition) is 1. The Morgan fingerprint density at radius 3 is 2.57 bits per heavy atom. The largest absolute Gasteiger partial charge is 0.443 e. The molecule has 21 heavy (non-hydrogen) atoms. The van der Waals surface area contributed by atoms with Crippen LogP contribution in [0, 0.1) is 0 Å². The van der Waals surface area contributed by atoms with E-state index in [1.807, 2.05) is 27.0 Å². The number of anilines is 1. The van der Waals surface area contributed by atoms with Gasteiger partial charge in [0.1, 0.15) is 5.60 Å². The summed E-state index contributed by atoms with van der Waals surface area (Å²) in [6.45, 7) is 6.25. The minimum absolute atomic E-state index is 0.247. The molecule has 1 amide bonds. The summed E-state index contributed by atoms with van der Waals surface area (Å²) in [4.78, 5) is 21.8. The van der Waals surface area contributed by atoms with Crippen LogP contribution < -0.4 is 5.73 Å². The second kappa shape index (κ2) is 6.11. The van der Waals surface area contributed by atoms with Crippen molar-refractivity contribution in [3.8, 4) is 0 Å². The number of carbonyl (C=O) groups is 1. The molecule has 6 nitrogen and oxygen atoms in total. The Bertz CT molecular complexity index is 532. The van der Waals surface area contributed by atoms with E-state index in [-0.39, 0.29) is 12.0 Å². The summed E-state index contributed by atoms with van der Waals surface area (Å²) >= 11 is 0. The van der Waals surface area contributed by atoms with E-state index in [9.17, 15) is 4.79 Å². The predicted octanol–water partition coefficient (Wildman–Crippen LogP) is 2.82. The van der Waals surface area contributed by atoms with Crippen molar-refractivity contribution < 1.29 is 9.53 Å². The molecule has 0 aromatic carbocycles. The summed E-state index contributed by atoms with van der Waals surface area (Å²) in [6.07, 6.45) is 7.73. The first-order chi connectivity index (χ1) is 9.85. The zero-order valence-electron chi connectivity index (χ0n) is 12.8. The number of hydrogen-bond acceptors (Lipinski definition) is 5. The van der Waals surface area contributed by atoms with Gasteiger partial charge in [0, 0.05) is 30.7 Å². The van der Waals surface area contributed by atoms with Crippen LogP contribution in [-0.4, -0.2) is 33.1 Å². The van der Waals surface area contributed by atoms with E-state index in [1.54, 1.807) is 17.3 Å². The molecule has 2 rings (SSSR count). The Morgan fingerprint density at radius 2 is 1.95 bits per heavy atom. The van der Waals surface area contributed by atoms with Crippen molar-refractivity contribution in [1.29, 1.82) is 0 Å². The highest BCUT2D eigenvalue weighted by atomic mass is 16.6. The third-order valence-corrected chi connectivity index (χ3v) is 3.08. The molecular weight excluding hydrogens is 268 g/mol. The van der Waals surface area contributed by atoms with Crippen molar-refractivity contribution in [2.45, 2.75) is 45.6 Å². The van der Waals surface area contributed by atoms with Gasteiger partial charge in [-0.25, -0.2) is 14.8 Å². The number of carbonyl (C=O) groups excluding carboxylic acids is 1. The molecule has 0 radical (unpaired) electrons. The Kier molecular flexibility index (Phi) is 4.45. The second-order valence-corrected chi connectivity index (χ2v) is 6.12. The number of ether oxygens (including phenoxy) is 1. The first-order valence-corrected chi connectivity index (χ1v) is 7.13. The van der Waals surface area contributed by atoms with Gasteiger partial charge in [0.15, 0.2) is 0 Å². The van der Waals surface area contributed by atoms with E-state index in [4.69, 9.17) is 10.5 Å². The molecule has 0 saturated heterocycles. The summed E-state index contributed by atoms with van der Waals surface area (Å²) in [5.74, 6) is 0.247. The molecule has 0 saturated carbocycles. The standard InChI is InChI=1S/C15H22N4O2/c1-15(2,3)21-14(20)19-7-5-4-6-11(10-19)12-8-17-13(16)18-9-12/h8-10H,4-7H2,1-3H3,(H2,16,17,18). The highest BCUT2D eigenvalue weighted by Gasteiger charge is 2.22. The molecule has 1 aromatic heterocycles. The molecule has 0 fully saturated rings. The molecule has 2 N–H and O–H groups in total. The van der Waals surface area contributed by atoms with Crippen LogP contribution in [0.1, 0.15) is 45.6 Å². The highest BCUT2D eigenvalue weighted by molar-refractivity contribution is 5.74. The van der Waals surface area contributed by atoms with Crippen molar-refractivity contribution in [1.82, 2.24) is 14.9 Å². The van der Waals surface area contributed by atoms with E-state index >= 15 is 0 Å². The van der Waals surface area contributed by atoms with Crippen molar-refractivity contribution in [3.63, 3.8) is 0 Å². The van der Waals surface area contributed by atoms with Gasteiger partial charge in [-0.3, -0.25) is 4.90 Å². The molecular formula is C15H22N4O2. The average Bonchev–Trinajstić information content (AvgIpc) is 2.63. The predicted molar refractivity (Wildman–Crippen MR) is 81.2 cm³/mol. The Labute approximate surface area is 125 Å². The number of aromatic nitrogens is 2. The normalized spacial score (nSPS) is 16.1. The zero-order chi connectivity index (χ0) is 15.5. The van der Waals surface area contributed by atoms with Gasteiger partial charge in [-0.15, -0.1) is 0 Å². The van der Waals surface area contributed by atoms with Crippen LogP contribution in [0.25, 0.3) is 5.57 Å². The third kappa shape index (κ3) is 4.44. The van der Waals surface area contributed by atoms with Crippen LogP contribution in [0.15, 0.2) is 18.6 Å². The zero-order valence-corrected chi connectivity index (χ0v) is 12.8. The lowest BCUT2D eigenvalue weighted by atomic mass is 10.1. The van der Waals surface area contributed by atoms with Gasteiger partial charge < -0.3 is 10.5 Å². The van der Waals surface area contributed by atoms with Gasteiger partial charge >= 0.3 is 6.09 Å². The lowest BCUT2D eigenvalue weighted by Gasteiger charge is -2.25. The van der Waals surface area contributed by atoms with Crippen molar-refractivity contribution in [2.24, 2.45) is 0 Å². The Balaban J connectivity index is 2.20. The van der Waals surface area contributed by atoms with Gasteiger partial charge in [-0.05, 0) is 45.6 Å².